The highest BCUT2D eigenvalue weighted by molar-refractivity contribution is 5.44. The van der Waals surface area contributed by atoms with Crippen LogP contribution in [0, 0.1) is 0 Å². The zero-order chi connectivity index (χ0) is 15.1. The van der Waals surface area contributed by atoms with Crippen LogP contribution in [0.5, 0.6) is 11.5 Å². The van der Waals surface area contributed by atoms with Crippen molar-refractivity contribution in [2.45, 2.75) is 38.1 Å². The van der Waals surface area contributed by atoms with Crippen LogP contribution in [0.4, 0.5) is 13.2 Å². The standard InChI is InChI=1S/C14H18F3NO2/c1-13(2)7-11(18(3)8-14(15,16)17)10-5-4-9(19)6-12(10)20-13/h4-6,11,19H,7-8H2,1-3H3. The van der Waals surface area contributed by atoms with E-state index < -0.39 is 24.4 Å². The van der Waals surface area contributed by atoms with Crippen LogP contribution < -0.4 is 4.74 Å². The van der Waals surface area contributed by atoms with Gasteiger partial charge in [0.15, 0.2) is 0 Å². The highest BCUT2D eigenvalue weighted by atomic mass is 19.4. The first-order valence-electron chi connectivity index (χ1n) is 6.36. The van der Waals surface area contributed by atoms with Gasteiger partial charge in [-0.15, -0.1) is 0 Å². The van der Waals surface area contributed by atoms with Crippen molar-refractivity contribution in [2.24, 2.45) is 0 Å². The molecule has 0 aliphatic carbocycles. The maximum atomic E-state index is 12.6. The Labute approximate surface area is 116 Å². The Hall–Kier alpha value is -1.43. The molecule has 0 bridgehead atoms. The summed E-state index contributed by atoms with van der Waals surface area (Å²) in [5, 5.41) is 9.50. The summed E-state index contributed by atoms with van der Waals surface area (Å²) in [4.78, 5) is 1.28. The summed E-state index contributed by atoms with van der Waals surface area (Å²) in [6, 6.07) is 4.15. The molecule has 0 radical (unpaired) electrons. The molecule has 0 spiro atoms. The fourth-order valence-corrected chi connectivity index (χ4v) is 2.59. The summed E-state index contributed by atoms with van der Waals surface area (Å²) in [7, 11) is 1.45. The molecule has 0 fully saturated rings. The third-order valence-corrected chi connectivity index (χ3v) is 3.39. The number of phenols is 1. The van der Waals surface area contributed by atoms with Crippen LogP contribution in [0.3, 0.4) is 0 Å². The van der Waals surface area contributed by atoms with E-state index in [9.17, 15) is 18.3 Å². The fraction of sp³-hybridized carbons (Fsp3) is 0.571. The van der Waals surface area contributed by atoms with Crippen LogP contribution >= 0.6 is 0 Å². The van der Waals surface area contributed by atoms with Gasteiger partial charge in [-0.1, -0.05) is 6.07 Å². The van der Waals surface area contributed by atoms with Gasteiger partial charge in [-0.3, -0.25) is 4.90 Å². The smallest absolute Gasteiger partial charge is 0.401 e. The highest BCUT2D eigenvalue weighted by Crippen LogP contribution is 2.43. The van der Waals surface area contributed by atoms with E-state index in [4.69, 9.17) is 4.74 Å². The second-order valence-corrected chi connectivity index (χ2v) is 5.83. The van der Waals surface area contributed by atoms with E-state index >= 15 is 0 Å². The van der Waals surface area contributed by atoms with Gasteiger partial charge in [-0.25, -0.2) is 0 Å². The Kier molecular flexibility index (Phi) is 3.62. The summed E-state index contributed by atoms with van der Waals surface area (Å²) < 4.78 is 43.5. The lowest BCUT2D eigenvalue weighted by atomic mass is 9.88. The molecule has 20 heavy (non-hydrogen) atoms. The van der Waals surface area contributed by atoms with Crippen molar-refractivity contribution in [3.05, 3.63) is 23.8 Å². The van der Waals surface area contributed by atoms with Crippen molar-refractivity contribution in [1.29, 1.82) is 0 Å². The lowest BCUT2D eigenvalue weighted by Gasteiger charge is -2.41. The number of ether oxygens (including phenoxy) is 1. The molecule has 0 amide bonds. The quantitative estimate of drug-likeness (QED) is 0.904. The number of phenolic OH excluding ortho intramolecular Hbond substituents is 1. The van der Waals surface area contributed by atoms with Crippen LogP contribution in [-0.2, 0) is 0 Å². The van der Waals surface area contributed by atoms with E-state index in [1.54, 1.807) is 6.07 Å². The largest absolute Gasteiger partial charge is 0.508 e. The number of nitrogens with zero attached hydrogens (tertiary/aromatic N) is 1. The minimum absolute atomic E-state index is 0.0404. The topological polar surface area (TPSA) is 32.7 Å². The molecule has 0 aromatic heterocycles. The van der Waals surface area contributed by atoms with Crippen molar-refractivity contribution in [3.8, 4) is 11.5 Å². The summed E-state index contributed by atoms with van der Waals surface area (Å²) in [5.41, 5.74) is 0.0968. The summed E-state index contributed by atoms with van der Waals surface area (Å²) >= 11 is 0. The Morgan fingerprint density at radius 1 is 1.40 bits per heavy atom. The normalized spacial score (nSPS) is 21.4. The van der Waals surface area contributed by atoms with Gasteiger partial charge >= 0.3 is 6.18 Å². The number of halogens is 3. The lowest BCUT2D eigenvalue weighted by molar-refractivity contribution is -0.150. The molecular formula is C14H18F3NO2. The van der Waals surface area contributed by atoms with Gasteiger partial charge in [0.25, 0.3) is 0 Å². The Balaban J connectivity index is 2.34. The fourth-order valence-electron chi connectivity index (χ4n) is 2.59. The van der Waals surface area contributed by atoms with Crippen molar-refractivity contribution in [2.75, 3.05) is 13.6 Å². The Morgan fingerprint density at radius 2 is 2.05 bits per heavy atom. The molecule has 1 aliphatic rings. The molecule has 3 nitrogen and oxygen atoms in total. The van der Waals surface area contributed by atoms with Crippen LogP contribution in [0.2, 0.25) is 0 Å². The molecule has 0 saturated carbocycles. The van der Waals surface area contributed by atoms with Gasteiger partial charge in [0, 0.05) is 24.1 Å². The van der Waals surface area contributed by atoms with Gasteiger partial charge in [-0.05, 0) is 27.0 Å². The van der Waals surface area contributed by atoms with Crippen LogP contribution in [0.15, 0.2) is 18.2 Å². The molecular weight excluding hydrogens is 271 g/mol. The van der Waals surface area contributed by atoms with Crippen molar-refractivity contribution < 1.29 is 23.0 Å². The minimum atomic E-state index is -4.24. The second-order valence-electron chi connectivity index (χ2n) is 5.83. The highest BCUT2D eigenvalue weighted by Gasteiger charge is 2.39. The molecule has 0 saturated heterocycles. The predicted octanol–water partition coefficient (Wildman–Crippen LogP) is 3.49. The predicted molar refractivity (Wildman–Crippen MR) is 68.9 cm³/mol. The van der Waals surface area contributed by atoms with Crippen LogP contribution in [-0.4, -0.2) is 35.4 Å². The van der Waals surface area contributed by atoms with Gasteiger partial charge in [0.05, 0.1) is 6.54 Å². The average Bonchev–Trinajstić information content (AvgIpc) is 2.23. The number of alkyl halides is 3. The zero-order valence-electron chi connectivity index (χ0n) is 11.7. The molecule has 1 aromatic rings. The molecule has 1 aromatic carbocycles. The lowest BCUT2D eigenvalue weighted by Crippen LogP contribution is -2.42. The van der Waals surface area contributed by atoms with E-state index in [0.717, 1.165) is 0 Å². The van der Waals surface area contributed by atoms with Gasteiger partial charge in [-0.2, -0.15) is 13.2 Å². The summed E-state index contributed by atoms with van der Waals surface area (Å²) in [6.45, 7) is 2.68. The van der Waals surface area contributed by atoms with Gasteiger partial charge < -0.3 is 9.84 Å². The van der Waals surface area contributed by atoms with Gasteiger partial charge in [0.1, 0.15) is 17.1 Å². The first kappa shape index (κ1) is 15.0. The van der Waals surface area contributed by atoms with E-state index in [2.05, 4.69) is 0 Å². The van der Waals surface area contributed by atoms with Crippen LogP contribution in [0.25, 0.3) is 0 Å². The number of fused-ring (bicyclic) bond motifs is 1. The van der Waals surface area contributed by atoms with E-state index in [-0.39, 0.29) is 5.75 Å². The van der Waals surface area contributed by atoms with Crippen molar-refractivity contribution in [3.63, 3.8) is 0 Å². The molecule has 1 heterocycles. The maximum Gasteiger partial charge on any atom is 0.401 e. The number of rotatable bonds is 2. The number of hydrogen-bond donors (Lipinski definition) is 1. The summed E-state index contributed by atoms with van der Waals surface area (Å²) in [6.07, 6.45) is -3.79. The van der Waals surface area contributed by atoms with Crippen molar-refractivity contribution >= 4 is 0 Å². The third-order valence-electron chi connectivity index (χ3n) is 3.39. The van der Waals surface area contributed by atoms with E-state index in [1.807, 2.05) is 13.8 Å². The molecule has 1 unspecified atom stereocenters. The SMILES string of the molecule is CN(CC(F)(F)F)C1CC(C)(C)Oc2cc(O)ccc21. The maximum absolute atomic E-state index is 12.6. The Morgan fingerprint density at radius 3 is 2.65 bits per heavy atom. The molecule has 6 heteroatoms. The molecule has 2 rings (SSSR count). The van der Waals surface area contributed by atoms with Crippen LogP contribution in [0.1, 0.15) is 31.9 Å². The molecule has 1 N–H and O–H groups in total. The first-order valence-corrected chi connectivity index (χ1v) is 6.36. The van der Waals surface area contributed by atoms with Gasteiger partial charge in [0.2, 0.25) is 0 Å². The van der Waals surface area contributed by atoms with E-state index in [1.165, 1.54) is 24.1 Å². The number of hydrogen-bond acceptors (Lipinski definition) is 3. The first-order chi connectivity index (χ1) is 9.07. The summed E-state index contributed by atoms with van der Waals surface area (Å²) in [5.74, 6) is 0.485. The molecule has 112 valence electrons. The minimum Gasteiger partial charge on any atom is -0.508 e. The number of aromatic hydroxyl groups is 1. The monoisotopic (exact) mass is 289 g/mol. The third kappa shape index (κ3) is 3.36. The van der Waals surface area contributed by atoms with E-state index in [0.29, 0.717) is 17.7 Å². The number of benzene rings is 1. The van der Waals surface area contributed by atoms with Crippen molar-refractivity contribution in [1.82, 2.24) is 4.90 Å². The Bertz CT molecular complexity index is 500. The average molecular weight is 289 g/mol. The molecule has 1 aliphatic heterocycles. The molecule has 1 atom stereocenters. The zero-order valence-corrected chi connectivity index (χ0v) is 11.7. The second kappa shape index (κ2) is 4.84.